The molecule has 0 spiro atoms. The summed E-state index contributed by atoms with van der Waals surface area (Å²) >= 11 is 0. The second-order valence-corrected chi connectivity index (χ2v) is 3.74. The summed E-state index contributed by atoms with van der Waals surface area (Å²) in [6.07, 6.45) is 7.24. The molecule has 1 aromatic rings. The smallest absolute Gasteiger partial charge is 0.139 e. The first-order chi connectivity index (χ1) is 8.36. The molecule has 1 nitrogen and oxygen atoms in total. The third-order valence-corrected chi connectivity index (χ3v) is 2.42. The van der Waals surface area contributed by atoms with Crippen molar-refractivity contribution in [2.45, 2.75) is 0 Å². The molecule has 1 rings (SSSR count). The van der Waals surface area contributed by atoms with Crippen molar-refractivity contribution in [3.8, 4) is 0 Å². The van der Waals surface area contributed by atoms with Crippen LogP contribution in [0.15, 0.2) is 72.9 Å². The highest BCUT2D eigenvalue weighted by atomic mass is 14.7. The van der Waals surface area contributed by atoms with E-state index in [1.807, 2.05) is 18.2 Å². The molecule has 0 aliphatic heterocycles. The Balaban J connectivity index is 2.42. The van der Waals surface area contributed by atoms with Gasteiger partial charge in [0.1, 0.15) is 14.3 Å². The van der Waals surface area contributed by atoms with Crippen LogP contribution in [0.1, 0.15) is 0 Å². The number of hydrogen-bond acceptors (Lipinski definition) is 1. The average molecular weight is 219 g/mol. The standard InChI is InChI=1S/C13H16B3N/c1-3-5-11-13(17-4-2)15-16-14-12-9-7-6-8-10-12/h3-11,14-16H,1-2H2/b11-5-,17-13+. The number of benzene rings is 1. The van der Waals surface area contributed by atoms with Crippen LogP contribution in [0.25, 0.3) is 0 Å². The van der Waals surface area contributed by atoms with Crippen LogP contribution in [-0.2, 0) is 0 Å². The zero-order chi connectivity index (χ0) is 12.3. The molecule has 0 unspecified atom stereocenters. The van der Waals surface area contributed by atoms with Crippen LogP contribution in [0, 0.1) is 0 Å². The summed E-state index contributed by atoms with van der Waals surface area (Å²) < 4.78 is 0. The largest absolute Gasteiger partial charge is 0.273 e. The quantitative estimate of drug-likeness (QED) is 0.364. The maximum Gasteiger partial charge on any atom is 0.139 e. The van der Waals surface area contributed by atoms with Crippen LogP contribution >= 0.6 is 0 Å². The first-order valence-electron chi connectivity index (χ1n) is 5.87. The van der Waals surface area contributed by atoms with E-state index in [4.69, 9.17) is 0 Å². The summed E-state index contributed by atoms with van der Waals surface area (Å²) in [6.45, 7) is 7.28. The molecule has 0 atom stereocenters. The molecule has 0 saturated carbocycles. The fourth-order valence-electron chi connectivity index (χ4n) is 1.61. The Morgan fingerprint density at radius 2 is 1.94 bits per heavy atom. The van der Waals surface area contributed by atoms with Crippen LogP contribution in [0.2, 0.25) is 0 Å². The Hall–Kier alpha value is -1.70. The van der Waals surface area contributed by atoms with E-state index in [1.54, 1.807) is 12.3 Å². The van der Waals surface area contributed by atoms with Gasteiger partial charge in [0.05, 0.1) is 7.06 Å². The van der Waals surface area contributed by atoms with Crippen LogP contribution in [0.4, 0.5) is 0 Å². The molecule has 0 bridgehead atoms. The minimum atomic E-state index is 0.964. The van der Waals surface area contributed by atoms with Gasteiger partial charge in [0.15, 0.2) is 0 Å². The summed E-state index contributed by atoms with van der Waals surface area (Å²) in [4.78, 5) is 4.24. The molecule has 1 aromatic carbocycles. The number of aliphatic imine (C=N–C) groups is 1. The predicted octanol–water partition coefficient (Wildman–Crippen LogP) is 0.736. The Labute approximate surface area is 106 Å². The summed E-state index contributed by atoms with van der Waals surface area (Å²) in [5.74, 6) is 0. The first-order valence-corrected chi connectivity index (χ1v) is 5.87. The highest BCUT2D eigenvalue weighted by Gasteiger charge is 2.01. The lowest BCUT2D eigenvalue weighted by Crippen LogP contribution is -2.28. The van der Waals surface area contributed by atoms with Gasteiger partial charge in [-0.05, 0) is 5.61 Å². The topological polar surface area (TPSA) is 12.4 Å². The molecule has 0 heterocycles. The van der Waals surface area contributed by atoms with Crippen molar-refractivity contribution in [2.24, 2.45) is 4.99 Å². The number of allylic oxidation sites excluding steroid dienone is 3. The van der Waals surface area contributed by atoms with Gasteiger partial charge in [-0.2, -0.15) is 0 Å². The molecule has 0 saturated heterocycles. The zero-order valence-corrected chi connectivity index (χ0v) is 10.2. The van der Waals surface area contributed by atoms with Gasteiger partial charge in [0.2, 0.25) is 0 Å². The summed E-state index contributed by atoms with van der Waals surface area (Å²) in [6, 6.07) is 10.5. The molecule has 0 amide bonds. The number of rotatable bonds is 7. The molecule has 0 aliphatic carbocycles. The van der Waals surface area contributed by atoms with Gasteiger partial charge in [-0.3, -0.25) is 4.99 Å². The van der Waals surface area contributed by atoms with E-state index in [1.165, 1.54) is 5.46 Å². The molecule has 0 aliphatic rings. The van der Waals surface area contributed by atoms with Crippen molar-refractivity contribution >= 4 is 32.5 Å². The van der Waals surface area contributed by atoms with Crippen molar-refractivity contribution < 1.29 is 0 Å². The van der Waals surface area contributed by atoms with Crippen molar-refractivity contribution in [1.29, 1.82) is 0 Å². The maximum atomic E-state index is 4.24. The summed E-state index contributed by atoms with van der Waals surface area (Å²) in [5, 5.41) is 0. The third-order valence-electron chi connectivity index (χ3n) is 2.42. The van der Waals surface area contributed by atoms with Gasteiger partial charge >= 0.3 is 0 Å². The monoisotopic (exact) mass is 219 g/mol. The van der Waals surface area contributed by atoms with Crippen LogP contribution in [-0.4, -0.2) is 27.0 Å². The fourth-order valence-corrected chi connectivity index (χ4v) is 1.61. The van der Waals surface area contributed by atoms with Gasteiger partial charge in [-0.1, -0.05) is 67.2 Å². The highest BCUT2D eigenvalue weighted by Crippen LogP contribution is 1.84. The molecule has 0 N–H and O–H groups in total. The Kier molecular flexibility index (Phi) is 6.65. The van der Waals surface area contributed by atoms with Crippen LogP contribution in [0.3, 0.4) is 0 Å². The maximum absolute atomic E-state index is 4.24. The molecule has 0 radical (unpaired) electrons. The predicted molar refractivity (Wildman–Crippen MR) is 84.5 cm³/mol. The zero-order valence-electron chi connectivity index (χ0n) is 10.2. The lowest BCUT2D eigenvalue weighted by atomic mass is 9.17. The SMILES string of the molecule is C=C/C=C\C(BBBc1ccccc1)=N/C=C. The molecule has 0 aromatic heterocycles. The second-order valence-electron chi connectivity index (χ2n) is 3.74. The fraction of sp³-hybridized carbons (Fsp3) is 0. The molecule has 82 valence electrons. The Morgan fingerprint density at radius 1 is 1.18 bits per heavy atom. The number of hydrogen-bond donors (Lipinski definition) is 0. The molecular formula is C13H16B3N. The number of nitrogens with zero attached hydrogens (tertiary/aromatic N) is 1. The van der Waals surface area contributed by atoms with E-state index in [0.717, 1.165) is 27.0 Å². The van der Waals surface area contributed by atoms with Crippen molar-refractivity contribution in [1.82, 2.24) is 0 Å². The van der Waals surface area contributed by atoms with Gasteiger partial charge in [0, 0.05) is 6.20 Å². The van der Waals surface area contributed by atoms with E-state index in [9.17, 15) is 0 Å². The minimum Gasteiger partial charge on any atom is -0.273 e. The van der Waals surface area contributed by atoms with E-state index in [-0.39, 0.29) is 0 Å². The van der Waals surface area contributed by atoms with E-state index < -0.39 is 0 Å². The average Bonchev–Trinajstić information content (AvgIpc) is 2.37. The summed E-state index contributed by atoms with van der Waals surface area (Å²) in [7, 11) is 3.14. The summed E-state index contributed by atoms with van der Waals surface area (Å²) in [5.41, 5.74) is 2.42. The Morgan fingerprint density at radius 3 is 2.59 bits per heavy atom. The molecular weight excluding hydrogens is 203 g/mol. The van der Waals surface area contributed by atoms with Crippen LogP contribution in [0.5, 0.6) is 0 Å². The van der Waals surface area contributed by atoms with Crippen molar-refractivity contribution in [3.63, 3.8) is 0 Å². The van der Waals surface area contributed by atoms with Crippen molar-refractivity contribution in [3.05, 3.63) is 67.9 Å². The van der Waals surface area contributed by atoms with Gasteiger partial charge in [-0.15, -0.1) is 0 Å². The molecule has 17 heavy (non-hydrogen) atoms. The minimum absolute atomic E-state index is 0.964. The highest BCUT2D eigenvalue weighted by molar-refractivity contribution is 7.40. The lowest BCUT2D eigenvalue weighted by molar-refractivity contribution is 1.61. The van der Waals surface area contributed by atoms with Gasteiger partial charge in [-0.25, -0.2) is 0 Å². The normalized spacial score (nSPS) is 10.9. The van der Waals surface area contributed by atoms with Crippen molar-refractivity contribution in [2.75, 3.05) is 0 Å². The van der Waals surface area contributed by atoms with Gasteiger partial charge < -0.3 is 0 Å². The van der Waals surface area contributed by atoms with Gasteiger partial charge in [0.25, 0.3) is 0 Å². The van der Waals surface area contributed by atoms with E-state index in [2.05, 4.69) is 42.4 Å². The third kappa shape index (κ3) is 5.81. The van der Waals surface area contributed by atoms with E-state index >= 15 is 0 Å². The Bertz CT molecular complexity index is 410. The first kappa shape index (κ1) is 13.4. The second kappa shape index (κ2) is 8.46. The lowest BCUT2D eigenvalue weighted by Gasteiger charge is -1.98. The van der Waals surface area contributed by atoms with Crippen LogP contribution < -0.4 is 5.46 Å². The molecule has 4 heteroatoms. The molecule has 0 fully saturated rings. The van der Waals surface area contributed by atoms with E-state index in [0.29, 0.717) is 0 Å².